The number of amides is 1. The SMILES string of the molecule is NS(=O)(=O)c1ccc(C(=O)N2CCN(c3ncnc4[nH]ccc34)CC3(CC3)C2)o1. The van der Waals surface area contributed by atoms with Gasteiger partial charge >= 0.3 is 0 Å². The van der Waals surface area contributed by atoms with Crippen molar-refractivity contribution in [2.45, 2.75) is 17.9 Å². The van der Waals surface area contributed by atoms with Crippen molar-refractivity contribution in [3.63, 3.8) is 0 Å². The van der Waals surface area contributed by atoms with Crippen LogP contribution < -0.4 is 10.0 Å². The van der Waals surface area contributed by atoms with E-state index in [-0.39, 0.29) is 17.1 Å². The molecular weight excluding hydrogens is 396 g/mol. The third-order valence-corrected chi connectivity index (χ3v) is 6.42. The largest absolute Gasteiger partial charge is 0.438 e. The maximum atomic E-state index is 13.0. The van der Waals surface area contributed by atoms with E-state index in [9.17, 15) is 13.2 Å². The molecule has 1 saturated carbocycles. The molecule has 0 bridgehead atoms. The lowest BCUT2D eigenvalue weighted by Crippen LogP contribution is -2.36. The van der Waals surface area contributed by atoms with E-state index in [0.717, 1.165) is 36.2 Å². The summed E-state index contributed by atoms with van der Waals surface area (Å²) in [6.07, 6.45) is 5.42. The second kappa shape index (κ2) is 6.29. The third-order valence-electron chi connectivity index (χ3n) is 5.64. The van der Waals surface area contributed by atoms with E-state index in [1.165, 1.54) is 12.1 Å². The highest BCUT2D eigenvalue weighted by atomic mass is 32.2. The molecule has 1 amide bonds. The minimum atomic E-state index is -3.99. The predicted octanol–water partition coefficient (Wildman–Crippen LogP) is 0.941. The topological polar surface area (TPSA) is 138 Å². The zero-order chi connectivity index (χ0) is 20.2. The van der Waals surface area contributed by atoms with Crippen LogP contribution in [0.5, 0.6) is 0 Å². The fourth-order valence-electron chi connectivity index (χ4n) is 3.96. The number of hydrogen-bond acceptors (Lipinski definition) is 7. The third kappa shape index (κ3) is 3.25. The Bertz CT molecular complexity index is 1200. The Morgan fingerprint density at radius 2 is 2.00 bits per heavy atom. The fraction of sp³-hybridized carbons (Fsp3) is 0.389. The van der Waals surface area contributed by atoms with Gasteiger partial charge in [0, 0.05) is 37.8 Å². The van der Waals surface area contributed by atoms with Gasteiger partial charge < -0.3 is 19.2 Å². The number of rotatable bonds is 3. The summed E-state index contributed by atoms with van der Waals surface area (Å²) in [5, 5.41) is 5.62. The first-order valence-electron chi connectivity index (χ1n) is 9.30. The van der Waals surface area contributed by atoms with Crippen LogP contribution in [-0.4, -0.2) is 60.4 Å². The van der Waals surface area contributed by atoms with Crippen molar-refractivity contribution in [3.8, 4) is 0 Å². The Morgan fingerprint density at radius 3 is 2.72 bits per heavy atom. The molecule has 10 nitrogen and oxygen atoms in total. The Hall–Kier alpha value is -2.92. The number of primary sulfonamides is 1. The van der Waals surface area contributed by atoms with Crippen molar-refractivity contribution in [3.05, 3.63) is 36.5 Å². The smallest absolute Gasteiger partial charge is 0.289 e. The van der Waals surface area contributed by atoms with Crippen LogP contribution in [0, 0.1) is 5.41 Å². The minimum absolute atomic E-state index is 0.00903. The van der Waals surface area contributed by atoms with Crippen molar-refractivity contribution in [2.75, 3.05) is 31.1 Å². The first-order chi connectivity index (χ1) is 13.8. The van der Waals surface area contributed by atoms with Crippen LogP contribution in [0.4, 0.5) is 5.82 Å². The van der Waals surface area contributed by atoms with Crippen molar-refractivity contribution in [2.24, 2.45) is 10.6 Å². The number of aromatic amines is 1. The molecule has 1 aliphatic carbocycles. The van der Waals surface area contributed by atoms with Gasteiger partial charge in [0.1, 0.15) is 17.8 Å². The number of nitrogens with two attached hydrogens (primary N) is 1. The number of nitrogens with one attached hydrogen (secondary N) is 1. The number of nitrogens with zero attached hydrogens (tertiary/aromatic N) is 4. The van der Waals surface area contributed by atoms with Gasteiger partial charge in [0.2, 0.25) is 5.09 Å². The molecule has 1 spiro atoms. The molecule has 5 rings (SSSR count). The molecular formula is C18H20N6O4S. The van der Waals surface area contributed by atoms with Gasteiger partial charge in [-0.2, -0.15) is 0 Å². The monoisotopic (exact) mass is 416 g/mol. The van der Waals surface area contributed by atoms with Crippen LogP contribution in [-0.2, 0) is 10.0 Å². The molecule has 3 aromatic rings. The van der Waals surface area contributed by atoms with Crippen molar-refractivity contribution >= 4 is 32.8 Å². The summed E-state index contributed by atoms with van der Waals surface area (Å²) in [6.45, 7) is 2.47. The number of hydrogen-bond donors (Lipinski definition) is 2. The number of anilines is 1. The van der Waals surface area contributed by atoms with E-state index in [1.807, 2.05) is 12.3 Å². The van der Waals surface area contributed by atoms with E-state index in [0.29, 0.717) is 19.6 Å². The molecule has 0 atom stereocenters. The maximum Gasteiger partial charge on any atom is 0.289 e. The number of furan rings is 1. The molecule has 29 heavy (non-hydrogen) atoms. The number of sulfonamides is 1. The minimum Gasteiger partial charge on any atom is -0.438 e. The highest BCUT2D eigenvalue weighted by molar-refractivity contribution is 7.89. The van der Waals surface area contributed by atoms with Crippen LogP contribution in [0.25, 0.3) is 11.0 Å². The average molecular weight is 416 g/mol. The lowest BCUT2D eigenvalue weighted by molar-refractivity contribution is 0.0703. The summed E-state index contributed by atoms with van der Waals surface area (Å²) in [7, 11) is -3.99. The lowest BCUT2D eigenvalue weighted by atomic mass is 10.1. The van der Waals surface area contributed by atoms with Gasteiger partial charge in [-0.05, 0) is 31.0 Å². The number of fused-ring (bicyclic) bond motifs is 1. The molecule has 4 heterocycles. The first-order valence-corrected chi connectivity index (χ1v) is 10.8. The Balaban J connectivity index is 1.41. The lowest BCUT2D eigenvalue weighted by Gasteiger charge is -2.25. The number of carbonyl (C=O) groups is 1. The summed E-state index contributed by atoms with van der Waals surface area (Å²) in [5.74, 6) is 0.502. The second-order valence-corrected chi connectivity index (χ2v) is 9.24. The van der Waals surface area contributed by atoms with Gasteiger partial charge in [0.05, 0.1) is 5.39 Å². The van der Waals surface area contributed by atoms with Gasteiger partial charge in [-0.3, -0.25) is 4.79 Å². The molecule has 11 heteroatoms. The summed E-state index contributed by atoms with van der Waals surface area (Å²) in [5.41, 5.74) is 0.790. The number of carbonyl (C=O) groups excluding carboxylic acids is 1. The second-order valence-electron chi connectivity index (χ2n) is 7.75. The number of aromatic nitrogens is 3. The summed E-state index contributed by atoms with van der Waals surface area (Å²) in [4.78, 5) is 28.7. The average Bonchev–Trinajstić information content (AvgIpc) is 3.08. The summed E-state index contributed by atoms with van der Waals surface area (Å²) in [6, 6.07) is 4.52. The molecule has 152 valence electrons. The summed E-state index contributed by atoms with van der Waals surface area (Å²) >= 11 is 0. The maximum absolute atomic E-state index is 13.0. The zero-order valence-corrected chi connectivity index (χ0v) is 16.4. The van der Waals surface area contributed by atoms with Crippen LogP contribution in [0.2, 0.25) is 0 Å². The molecule has 0 aromatic carbocycles. The van der Waals surface area contributed by atoms with Crippen LogP contribution in [0.1, 0.15) is 23.4 Å². The van der Waals surface area contributed by atoms with E-state index < -0.39 is 15.1 Å². The highest BCUT2D eigenvalue weighted by Crippen LogP contribution is 2.48. The molecule has 1 saturated heterocycles. The molecule has 2 aliphatic rings. The normalized spacial score (nSPS) is 18.9. The standard InChI is InChI=1S/C18H20N6O4S/c19-29(26,27)14-2-1-13(28-14)17(25)24-8-7-23(9-18(10-24)4-5-18)16-12-3-6-20-15(12)21-11-22-16/h1-3,6,11H,4-5,7-10H2,(H2,19,26,27)(H,20,21,22). The van der Waals surface area contributed by atoms with Crippen LogP contribution >= 0.6 is 0 Å². The van der Waals surface area contributed by atoms with Gasteiger partial charge in [-0.25, -0.2) is 23.5 Å². The van der Waals surface area contributed by atoms with E-state index >= 15 is 0 Å². The van der Waals surface area contributed by atoms with E-state index in [2.05, 4.69) is 19.9 Å². The quantitative estimate of drug-likeness (QED) is 0.648. The fourth-order valence-corrected chi connectivity index (χ4v) is 4.42. The first kappa shape index (κ1) is 18.1. The molecule has 2 fully saturated rings. The Kier molecular flexibility index (Phi) is 3.93. The van der Waals surface area contributed by atoms with E-state index in [1.54, 1.807) is 11.2 Å². The Labute approximate surface area is 166 Å². The molecule has 0 radical (unpaired) electrons. The van der Waals surface area contributed by atoms with E-state index in [4.69, 9.17) is 9.56 Å². The van der Waals surface area contributed by atoms with Gasteiger partial charge in [0.25, 0.3) is 15.9 Å². The predicted molar refractivity (Wildman–Crippen MR) is 104 cm³/mol. The van der Waals surface area contributed by atoms with Crippen molar-refractivity contribution in [1.82, 2.24) is 19.9 Å². The van der Waals surface area contributed by atoms with Gasteiger partial charge in [0.15, 0.2) is 5.76 Å². The Morgan fingerprint density at radius 1 is 1.17 bits per heavy atom. The molecule has 3 aromatic heterocycles. The zero-order valence-electron chi connectivity index (χ0n) is 15.5. The van der Waals surface area contributed by atoms with Gasteiger partial charge in [-0.1, -0.05) is 0 Å². The molecule has 0 unspecified atom stereocenters. The number of H-pyrrole nitrogens is 1. The van der Waals surface area contributed by atoms with Crippen LogP contribution in [0.15, 0.2) is 40.2 Å². The van der Waals surface area contributed by atoms with Crippen LogP contribution in [0.3, 0.4) is 0 Å². The van der Waals surface area contributed by atoms with Gasteiger partial charge in [-0.15, -0.1) is 0 Å². The van der Waals surface area contributed by atoms with Crippen molar-refractivity contribution < 1.29 is 17.6 Å². The van der Waals surface area contributed by atoms with Crippen molar-refractivity contribution in [1.29, 1.82) is 0 Å². The summed E-state index contributed by atoms with van der Waals surface area (Å²) < 4.78 is 28.1. The highest BCUT2D eigenvalue weighted by Gasteiger charge is 2.48. The molecule has 3 N–H and O–H groups in total. The molecule has 1 aliphatic heterocycles.